The zero-order chi connectivity index (χ0) is 13.9. The van der Waals surface area contributed by atoms with Gasteiger partial charge in [0.25, 0.3) is 0 Å². The Morgan fingerprint density at radius 1 is 1.26 bits per heavy atom. The summed E-state index contributed by atoms with van der Waals surface area (Å²) in [5.41, 5.74) is 0.0955. The maximum Gasteiger partial charge on any atom is 0.224 e. The third-order valence-electron chi connectivity index (χ3n) is 3.50. The zero-order valence-electron chi connectivity index (χ0n) is 10.6. The number of amides is 1. The first-order valence-corrected chi connectivity index (χ1v) is 7.17. The summed E-state index contributed by atoms with van der Waals surface area (Å²) < 4.78 is 0. The van der Waals surface area contributed by atoms with Crippen molar-refractivity contribution in [3.05, 3.63) is 33.8 Å². The van der Waals surface area contributed by atoms with Gasteiger partial charge in [-0.15, -0.1) is 0 Å². The summed E-state index contributed by atoms with van der Waals surface area (Å²) in [6, 6.07) is 5.14. The molecule has 0 aliphatic heterocycles. The van der Waals surface area contributed by atoms with E-state index in [4.69, 9.17) is 23.2 Å². The van der Waals surface area contributed by atoms with Crippen molar-refractivity contribution < 1.29 is 9.90 Å². The molecule has 19 heavy (non-hydrogen) atoms. The topological polar surface area (TPSA) is 49.3 Å². The number of hydrogen-bond donors (Lipinski definition) is 2. The van der Waals surface area contributed by atoms with E-state index in [1.807, 2.05) is 0 Å². The summed E-state index contributed by atoms with van der Waals surface area (Å²) in [4.78, 5) is 11.8. The predicted octanol–water partition coefficient (Wildman–Crippen LogP) is 2.96. The van der Waals surface area contributed by atoms with Crippen LogP contribution in [0.3, 0.4) is 0 Å². The fourth-order valence-corrected chi connectivity index (χ4v) is 2.69. The highest BCUT2D eigenvalue weighted by atomic mass is 35.5. The Bertz CT molecular complexity index is 471. The SMILES string of the molecule is O=C(Cc1ccc(Cl)c(Cl)c1)NCC1(O)CCCC1. The molecule has 1 aliphatic carbocycles. The first-order chi connectivity index (χ1) is 8.98. The third-order valence-corrected chi connectivity index (χ3v) is 4.24. The molecule has 1 aromatic rings. The van der Waals surface area contributed by atoms with Crippen LogP contribution in [0.5, 0.6) is 0 Å². The minimum Gasteiger partial charge on any atom is -0.388 e. The van der Waals surface area contributed by atoms with E-state index in [9.17, 15) is 9.90 Å². The lowest BCUT2D eigenvalue weighted by Gasteiger charge is -2.22. The molecule has 0 unspecified atom stereocenters. The molecule has 1 saturated carbocycles. The Morgan fingerprint density at radius 3 is 2.58 bits per heavy atom. The first kappa shape index (κ1) is 14.6. The summed E-state index contributed by atoms with van der Waals surface area (Å²) >= 11 is 11.7. The third kappa shape index (κ3) is 4.10. The Balaban J connectivity index is 1.85. The van der Waals surface area contributed by atoms with Gasteiger partial charge < -0.3 is 10.4 Å². The highest BCUT2D eigenvalue weighted by Crippen LogP contribution is 2.28. The molecular weight excluding hydrogens is 285 g/mol. The molecule has 2 rings (SSSR count). The Hall–Kier alpha value is -0.770. The Kier molecular flexibility index (Phi) is 4.71. The van der Waals surface area contributed by atoms with Gasteiger partial charge >= 0.3 is 0 Å². The van der Waals surface area contributed by atoms with Crippen LogP contribution in [0.1, 0.15) is 31.2 Å². The molecule has 1 aliphatic rings. The second kappa shape index (κ2) is 6.12. The van der Waals surface area contributed by atoms with Crippen molar-refractivity contribution in [2.45, 2.75) is 37.7 Å². The molecule has 0 heterocycles. The van der Waals surface area contributed by atoms with Gasteiger partial charge in [-0.2, -0.15) is 0 Å². The number of carbonyl (C=O) groups is 1. The number of hydrogen-bond acceptors (Lipinski definition) is 2. The van der Waals surface area contributed by atoms with Crippen molar-refractivity contribution in [2.24, 2.45) is 0 Å². The molecule has 0 radical (unpaired) electrons. The molecule has 1 fully saturated rings. The van der Waals surface area contributed by atoms with Crippen LogP contribution in [0.25, 0.3) is 0 Å². The maximum absolute atomic E-state index is 11.8. The van der Waals surface area contributed by atoms with Gasteiger partial charge in [0.05, 0.1) is 22.1 Å². The van der Waals surface area contributed by atoms with E-state index in [0.717, 1.165) is 31.2 Å². The summed E-state index contributed by atoms with van der Waals surface area (Å²) in [5, 5.41) is 13.8. The van der Waals surface area contributed by atoms with Crippen LogP contribution in [0, 0.1) is 0 Å². The Morgan fingerprint density at radius 2 is 1.95 bits per heavy atom. The lowest BCUT2D eigenvalue weighted by molar-refractivity contribution is -0.121. The van der Waals surface area contributed by atoms with Crippen LogP contribution in [0.4, 0.5) is 0 Å². The van der Waals surface area contributed by atoms with Crippen LogP contribution >= 0.6 is 23.2 Å². The second-order valence-corrected chi connectivity index (χ2v) is 5.95. The van der Waals surface area contributed by atoms with Crippen LogP contribution in [-0.2, 0) is 11.2 Å². The quantitative estimate of drug-likeness (QED) is 0.898. The van der Waals surface area contributed by atoms with Crippen molar-refractivity contribution in [3.8, 4) is 0 Å². The van der Waals surface area contributed by atoms with E-state index < -0.39 is 5.60 Å². The highest BCUT2D eigenvalue weighted by molar-refractivity contribution is 6.42. The lowest BCUT2D eigenvalue weighted by Crippen LogP contribution is -2.41. The van der Waals surface area contributed by atoms with Crippen molar-refractivity contribution in [3.63, 3.8) is 0 Å². The number of rotatable bonds is 4. The van der Waals surface area contributed by atoms with Gasteiger partial charge in [-0.1, -0.05) is 42.1 Å². The second-order valence-electron chi connectivity index (χ2n) is 5.13. The molecule has 3 nitrogen and oxygen atoms in total. The zero-order valence-corrected chi connectivity index (χ0v) is 12.1. The van der Waals surface area contributed by atoms with E-state index in [1.54, 1.807) is 18.2 Å². The van der Waals surface area contributed by atoms with Crippen LogP contribution in [0.2, 0.25) is 10.0 Å². The lowest BCUT2D eigenvalue weighted by atomic mass is 10.0. The van der Waals surface area contributed by atoms with Gasteiger partial charge in [-0.05, 0) is 30.5 Å². The molecule has 5 heteroatoms. The van der Waals surface area contributed by atoms with Gasteiger partial charge in [-0.25, -0.2) is 0 Å². The van der Waals surface area contributed by atoms with E-state index >= 15 is 0 Å². The van der Waals surface area contributed by atoms with Gasteiger partial charge in [-0.3, -0.25) is 4.79 Å². The number of nitrogens with one attached hydrogen (secondary N) is 1. The number of halogens is 2. The normalized spacial score (nSPS) is 17.4. The van der Waals surface area contributed by atoms with Gasteiger partial charge in [0, 0.05) is 6.54 Å². The summed E-state index contributed by atoms with van der Waals surface area (Å²) in [6.07, 6.45) is 3.82. The molecule has 0 bridgehead atoms. The standard InChI is InChI=1S/C14H17Cl2NO2/c15-11-4-3-10(7-12(11)16)8-13(18)17-9-14(19)5-1-2-6-14/h3-4,7,19H,1-2,5-6,8-9H2,(H,17,18). The fraction of sp³-hybridized carbons (Fsp3) is 0.500. The maximum atomic E-state index is 11.8. The van der Waals surface area contributed by atoms with E-state index in [0.29, 0.717) is 16.6 Å². The van der Waals surface area contributed by atoms with Crippen molar-refractivity contribution >= 4 is 29.1 Å². The number of carbonyl (C=O) groups excluding carboxylic acids is 1. The van der Waals surface area contributed by atoms with Crippen molar-refractivity contribution in [1.29, 1.82) is 0 Å². The average Bonchev–Trinajstić information content (AvgIpc) is 2.79. The summed E-state index contributed by atoms with van der Waals surface area (Å²) in [7, 11) is 0. The summed E-state index contributed by atoms with van der Waals surface area (Å²) in [6.45, 7) is 0.327. The molecule has 1 amide bonds. The Labute approximate surface area is 122 Å². The monoisotopic (exact) mass is 301 g/mol. The number of benzene rings is 1. The number of aliphatic hydroxyl groups is 1. The largest absolute Gasteiger partial charge is 0.388 e. The average molecular weight is 302 g/mol. The summed E-state index contributed by atoms with van der Waals surface area (Å²) in [5.74, 6) is -0.112. The minimum absolute atomic E-state index is 0.112. The molecule has 1 aromatic carbocycles. The van der Waals surface area contributed by atoms with Crippen LogP contribution in [-0.4, -0.2) is 23.2 Å². The van der Waals surface area contributed by atoms with Crippen molar-refractivity contribution in [1.82, 2.24) is 5.32 Å². The minimum atomic E-state index is -0.715. The van der Waals surface area contributed by atoms with Crippen LogP contribution in [0.15, 0.2) is 18.2 Å². The first-order valence-electron chi connectivity index (χ1n) is 6.42. The molecular formula is C14H17Cl2NO2. The predicted molar refractivity (Wildman–Crippen MR) is 76.6 cm³/mol. The molecule has 104 valence electrons. The van der Waals surface area contributed by atoms with E-state index in [2.05, 4.69) is 5.32 Å². The fourth-order valence-electron chi connectivity index (χ4n) is 2.37. The molecule has 2 N–H and O–H groups in total. The van der Waals surface area contributed by atoms with Crippen LogP contribution < -0.4 is 5.32 Å². The van der Waals surface area contributed by atoms with Gasteiger partial charge in [0.2, 0.25) is 5.91 Å². The van der Waals surface area contributed by atoms with Crippen molar-refractivity contribution in [2.75, 3.05) is 6.54 Å². The molecule has 0 saturated heterocycles. The van der Waals surface area contributed by atoms with Gasteiger partial charge in [0.15, 0.2) is 0 Å². The van der Waals surface area contributed by atoms with Gasteiger partial charge in [0.1, 0.15) is 0 Å². The van der Waals surface area contributed by atoms with E-state index in [-0.39, 0.29) is 12.3 Å². The highest BCUT2D eigenvalue weighted by Gasteiger charge is 2.31. The van der Waals surface area contributed by atoms with E-state index in [1.165, 1.54) is 0 Å². The molecule has 0 spiro atoms. The molecule has 0 aromatic heterocycles. The smallest absolute Gasteiger partial charge is 0.224 e. The molecule has 0 atom stereocenters.